The fraction of sp³-hybridized carbons (Fsp3) is 0.316. The van der Waals surface area contributed by atoms with E-state index in [1.165, 1.54) is 0 Å². The Morgan fingerprint density at radius 1 is 1.23 bits per heavy atom. The molecule has 0 aliphatic rings. The zero-order valence-corrected chi connectivity index (χ0v) is 15.9. The van der Waals surface area contributed by atoms with Gasteiger partial charge in [0.2, 0.25) is 0 Å². The monoisotopic (exact) mass is 373 g/mol. The molecule has 7 heteroatoms. The van der Waals surface area contributed by atoms with E-state index in [2.05, 4.69) is 9.97 Å². The summed E-state index contributed by atoms with van der Waals surface area (Å²) in [7, 11) is 3.20. The number of hydrogen-bond acceptors (Lipinski definition) is 5. The molecule has 2 heterocycles. The van der Waals surface area contributed by atoms with Gasteiger partial charge in [0.1, 0.15) is 17.0 Å². The van der Waals surface area contributed by atoms with Crippen LogP contribution in [0.1, 0.15) is 18.7 Å². The van der Waals surface area contributed by atoms with Crippen molar-refractivity contribution in [3.8, 4) is 16.9 Å². The third kappa shape index (κ3) is 3.18. The van der Waals surface area contributed by atoms with Gasteiger partial charge in [-0.2, -0.15) is 0 Å². The number of aryl methyl sites for hydroxylation is 1. The molecule has 3 aromatic rings. The average Bonchev–Trinajstić information content (AvgIpc) is 2.62. The molecular weight excluding hydrogens is 354 g/mol. The smallest absolute Gasteiger partial charge is 0.273 e. The maximum Gasteiger partial charge on any atom is 0.273 e. The fourth-order valence-corrected chi connectivity index (χ4v) is 3.27. The van der Waals surface area contributed by atoms with Crippen LogP contribution in [-0.4, -0.2) is 35.4 Å². The summed E-state index contributed by atoms with van der Waals surface area (Å²) >= 11 is 6.45. The van der Waals surface area contributed by atoms with Crippen molar-refractivity contribution in [2.45, 2.75) is 19.9 Å². The Hall–Kier alpha value is -2.44. The molecule has 0 N–H and O–H groups in total. The first-order valence-corrected chi connectivity index (χ1v) is 8.56. The van der Waals surface area contributed by atoms with Gasteiger partial charge in [0, 0.05) is 24.4 Å². The van der Waals surface area contributed by atoms with E-state index in [-0.39, 0.29) is 11.6 Å². The van der Waals surface area contributed by atoms with Crippen LogP contribution in [0.3, 0.4) is 0 Å². The number of methoxy groups -OCH3 is 2. The summed E-state index contributed by atoms with van der Waals surface area (Å²) < 4.78 is 12.1. The van der Waals surface area contributed by atoms with E-state index in [1.54, 1.807) is 38.0 Å². The first-order chi connectivity index (χ1) is 12.5. The van der Waals surface area contributed by atoms with Crippen molar-refractivity contribution >= 4 is 22.8 Å². The summed E-state index contributed by atoms with van der Waals surface area (Å²) in [5, 5.41) is 0.541. The Labute approximate surface area is 156 Å². The van der Waals surface area contributed by atoms with E-state index >= 15 is 0 Å². The van der Waals surface area contributed by atoms with Crippen molar-refractivity contribution < 1.29 is 9.47 Å². The molecule has 1 atom stereocenters. The molecule has 2 aromatic heterocycles. The molecule has 0 aliphatic heterocycles. The third-order valence-corrected chi connectivity index (χ3v) is 4.57. The van der Waals surface area contributed by atoms with Gasteiger partial charge in [-0.25, -0.2) is 9.97 Å². The Bertz CT molecular complexity index is 1020. The summed E-state index contributed by atoms with van der Waals surface area (Å²) in [6, 6.07) is 7.13. The van der Waals surface area contributed by atoms with Gasteiger partial charge in [-0.3, -0.25) is 9.36 Å². The number of halogens is 1. The van der Waals surface area contributed by atoms with E-state index in [0.717, 1.165) is 11.1 Å². The molecule has 0 bridgehead atoms. The first kappa shape index (κ1) is 18.4. The van der Waals surface area contributed by atoms with E-state index < -0.39 is 0 Å². The molecule has 26 heavy (non-hydrogen) atoms. The van der Waals surface area contributed by atoms with Gasteiger partial charge in [0.25, 0.3) is 5.56 Å². The zero-order chi connectivity index (χ0) is 18.8. The molecule has 0 fully saturated rings. The van der Waals surface area contributed by atoms with Gasteiger partial charge in [-0.15, -0.1) is 0 Å². The number of benzene rings is 1. The number of hydrogen-bond donors (Lipinski definition) is 0. The molecule has 0 saturated carbocycles. The fourth-order valence-electron chi connectivity index (χ4n) is 3.00. The van der Waals surface area contributed by atoms with Crippen LogP contribution in [-0.2, 0) is 4.74 Å². The second kappa shape index (κ2) is 7.43. The number of pyridine rings is 1. The lowest BCUT2D eigenvalue weighted by atomic mass is 10.1. The lowest BCUT2D eigenvalue weighted by Crippen LogP contribution is -2.29. The van der Waals surface area contributed by atoms with E-state index in [1.807, 2.05) is 25.1 Å². The summed E-state index contributed by atoms with van der Waals surface area (Å²) in [6.45, 7) is 4.01. The lowest BCUT2D eigenvalue weighted by Gasteiger charge is -2.18. The number of rotatable bonds is 5. The van der Waals surface area contributed by atoms with Crippen LogP contribution in [0, 0.1) is 6.92 Å². The van der Waals surface area contributed by atoms with Crippen LogP contribution in [0.4, 0.5) is 0 Å². The van der Waals surface area contributed by atoms with Gasteiger partial charge in [0.15, 0.2) is 5.65 Å². The summed E-state index contributed by atoms with van der Waals surface area (Å²) in [4.78, 5) is 21.6. The van der Waals surface area contributed by atoms with Crippen molar-refractivity contribution in [1.29, 1.82) is 0 Å². The number of fused-ring (bicyclic) bond motifs is 1. The van der Waals surface area contributed by atoms with E-state index in [4.69, 9.17) is 21.1 Å². The van der Waals surface area contributed by atoms with Crippen LogP contribution in [0.5, 0.6) is 5.75 Å². The minimum absolute atomic E-state index is 0.174. The Kier molecular flexibility index (Phi) is 5.25. The zero-order valence-electron chi connectivity index (χ0n) is 15.1. The van der Waals surface area contributed by atoms with Gasteiger partial charge >= 0.3 is 0 Å². The molecule has 0 spiro atoms. The maximum absolute atomic E-state index is 12.7. The second-order valence-electron chi connectivity index (χ2n) is 6.05. The standard InChI is InChI=1S/C19H20ClN3O3/c1-11(10-25-3)23-18-17(22-12(2)19(23)24)15(7-8-21-18)14-6-5-13(26-4)9-16(14)20/h5-9,11H,10H2,1-4H3/t11-/m0/s1. The molecule has 3 rings (SSSR count). The van der Waals surface area contributed by atoms with Crippen molar-refractivity contribution in [1.82, 2.24) is 14.5 Å². The highest BCUT2D eigenvalue weighted by atomic mass is 35.5. The summed E-state index contributed by atoms with van der Waals surface area (Å²) in [6.07, 6.45) is 1.66. The van der Waals surface area contributed by atoms with Gasteiger partial charge in [-0.05, 0) is 38.1 Å². The largest absolute Gasteiger partial charge is 0.497 e. The number of nitrogens with zero attached hydrogens (tertiary/aromatic N) is 3. The minimum Gasteiger partial charge on any atom is -0.497 e. The Morgan fingerprint density at radius 3 is 2.65 bits per heavy atom. The molecule has 0 amide bonds. The van der Waals surface area contributed by atoms with Crippen molar-refractivity contribution in [3.63, 3.8) is 0 Å². The highest BCUT2D eigenvalue weighted by molar-refractivity contribution is 6.33. The Morgan fingerprint density at radius 2 is 2.00 bits per heavy atom. The molecule has 0 unspecified atom stereocenters. The molecule has 6 nitrogen and oxygen atoms in total. The Balaban J connectivity index is 2.31. The number of aromatic nitrogens is 3. The van der Waals surface area contributed by atoms with Crippen LogP contribution >= 0.6 is 11.6 Å². The quantitative estimate of drug-likeness (QED) is 0.683. The molecule has 0 saturated heterocycles. The van der Waals surface area contributed by atoms with E-state index in [9.17, 15) is 4.79 Å². The van der Waals surface area contributed by atoms with Crippen LogP contribution in [0.15, 0.2) is 35.3 Å². The highest BCUT2D eigenvalue weighted by Gasteiger charge is 2.18. The molecule has 136 valence electrons. The van der Waals surface area contributed by atoms with Gasteiger partial charge in [-0.1, -0.05) is 11.6 Å². The van der Waals surface area contributed by atoms with Gasteiger partial charge in [0.05, 0.1) is 24.8 Å². The van der Waals surface area contributed by atoms with Crippen LogP contribution < -0.4 is 10.3 Å². The third-order valence-electron chi connectivity index (χ3n) is 4.26. The van der Waals surface area contributed by atoms with Gasteiger partial charge < -0.3 is 9.47 Å². The maximum atomic E-state index is 12.7. The average molecular weight is 374 g/mol. The minimum atomic E-state index is -0.175. The normalized spacial score (nSPS) is 12.3. The molecule has 0 aliphatic carbocycles. The topological polar surface area (TPSA) is 66.2 Å². The first-order valence-electron chi connectivity index (χ1n) is 8.18. The molecular formula is C19H20ClN3O3. The predicted octanol–water partition coefficient (Wildman–Crippen LogP) is 3.64. The second-order valence-corrected chi connectivity index (χ2v) is 6.46. The predicted molar refractivity (Wildman–Crippen MR) is 102 cm³/mol. The summed E-state index contributed by atoms with van der Waals surface area (Å²) in [5.41, 5.74) is 2.97. The highest BCUT2D eigenvalue weighted by Crippen LogP contribution is 2.34. The number of ether oxygens (including phenoxy) is 2. The summed E-state index contributed by atoms with van der Waals surface area (Å²) in [5.74, 6) is 0.673. The van der Waals surface area contributed by atoms with Crippen molar-refractivity contribution in [2.24, 2.45) is 0 Å². The molecule has 0 radical (unpaired) electrons. The van der Waals surface area contributed by atoms with Crippen LogP contribution in [0.25, 0.3) is 22.3 Å². The SMILES string of the molecule is COC[C@H](C)n1c(=O)c(C)nc2c(-c3ccc(OC)cc3Cl)ccnc21. The molecule has 1 aromatic carbocycles. The van der Waals surface area contributed by atoms with Crippen molar-refractivity contribution in [3.05, 3.63) is 51.5 Å². The van der Waals surface area contributed by atoms with Crippen LogP contribution in [0.2, 0.25) is 5.02 Å². The van der Waals surface area contributed by atoms with Crippen molar-refractivity contribution in [2.75, 3.05) is 20.8 Å². The van der Waals surface area contributed by atoms with E-state index in [0.29, 0.717) is 34.2 Å². The lowest BCUT2D eigenvalue weighted by molar-refractivity contribution is 0.162.